The number of pyridine rings is 1. The van der Waals surface area contributed by atoms with Crippen molar-refractivity contribution in [2.45, 2.75) is 37.4 Å². The lowest BCUT2D eigenvalue weighted by Gasteiger charge is -2.39. The van der Waals surface area contributed by atoms with Gasteiger partial charge in [-0.25, -0.2) is 0 Å². The van der Waals surface area contributed by atoms with Crippen molar-refractivity contribution in [3.05, 3.63) is 48.7 Å². The number of furan rings is 1. The van der Waals surface area contributed by atoms with Crippen LogP contribution >= 0.6 is 0 Å². The normalized spacial score (nSPS) is 26.1. The largest absolute Gasteiger partial charge is 0.486 e. The van der Waals surface area contributed by atoms with Crippen LogP contribution in [0.2, 0.25) is 0 Å². The zero-order chi connectivity index (χ0) is 17.1. The van der Waals surface area contributed by atoms with E-state index in [2.05, 4.69) is 4.98 Å². The molecule has 4 rings (SSSR count). The minimum atomic E-state index is -0.288. The van der Waals surface area contributed by atoms with E-state index < -0.39 is 0 Å². The van der Waals surface area contributed by atoms with Gasteiger partial charge in [0.05, 0.1) is 31.1 Å². The number of amides is 1. The number of likely N-dealkylation sites (tertiary alicyclic amines) is 1. The van der Waals surface area contributed by atoms with Crippen molar-refractivity contribution < 1.29 is 18.7 Å². The maximum atomic E-state index is 12.5. The number of nitrogens with zero attached hydrogens (tertiary/aromatic N) is 2. The Morgan fingerprint density at radius 1 is 1.40 bits per heavy atom. The molecule has 2 aromatic rings. The van der Waals surface area contributed by atoms with E-state index in [0.717, 1.165) is 31.6 Å². The molecule has 2 aliphatic rings. The van der Waals surface area contributed by atoms with Gasteiger partial charge < -0.3 is 18.8 Å². The number of rotatable bonds is 4. The Kier molecular flexibility index (Phi) is 4.44. The van der Waals surface area contributed by atoms with E-state index in [-0.39, 0.29) is 17.6 Å². The Bertz CT molecular complexity index is 703. The molecule has 2 aliphatic heterocycles. The van der Waals surface area contributed by atoms with Crippen molar-refractivity contribution >= 4 is 5.91 Å². The molecule has 0 bridgehead atoms. The fourth-order valence-electron chi connectivity index (χ4n) is 3.76. The van der Waals surface area contributed by atoms with Crippen LogP contribution in [0.25, 0.3) is 0 Å². The highest BCUT2D eigenvalue weighted by Crippen LogP contribution is 2.36. The number of carbonyl (C=O) groups is 1. The molecule has 25 heavy (non-hydrogen) atoms. The van der Waals surface area contributed by atoms with Gasteiger partial charge in [0.2, 0.25) is 5.91 Å². The van der Waals surface area contributed by atoms with Crippen molar-refractivity contribution in [1.29, 1.82) is 0 Å². The van der Waals surface area contributed by atoms with Gasteiger partial charge in [0.15, 0.2) is 0 Å². The number of aromatic nitrogens is 1. The Morgan fingerprint density at radius 3 is 3.16 bits per heavy atom. The highest BCUT2D eigenvalue weighted by molar-refractivity contribution is 5.78. The molecule has 2 aromatic heterocycles. The van der Waals surface area contributed by atoms with Crippen LogP contribution in [-0.2, 0) is 16.0 Å². The first-order valence-electron chi connectivity index (χ1n) is 8.73. The Hall–Kier alpha value is -2.34. The molecule has 0 aliphatic carbocycles. The lowest BCUT2D eigenvalue weighted by atomic mass is 9.89. The van der Waals surface area contributed by atoms with Crippen LogP contribution in [0.5, 0.6) is 5.75 Å². The van der Waals surface area contributed by atoms with E-state index in [0.29, 0.717) is 25.3 Å². The van der Waals surface area contributed by atoms with E-state index >= 15 is 0 Å². The van der Waals surface area contributed by atoms with Gasteiger partial charge in [-0.3, -0.25) is 9.78 Å². The Balaban J connectivity index is 1.36. The summed E-state index contributed by atoms with van der Waals surface area (Å²) in [4.78, 5) is 18.5. The van der Waals surface area contributed by atoms with Crippen molar-refractivity contribution in [3.8, 4) is 5.75 Å². The topological polar surface area (TPSA) is 64.8 Å². The number of piperidine rings is 1. The average molecular weight is 342 g/mol. The molecule has 0 N–H and O–H groups in total. The third kappa shape index (κ3) is 3.69. The molecule has 1 spiro atoms. The first-order chi connectivity index (χ1) is 12.2. The summed E-state index contributed by atoms with van der Waals surface area (Å²) in [5, 5.41) is 0. The lowest BCUT2D eigenvalue weighted by Crippen LogP contribution is -2.50. The maximum absolute atomic E-state index is 12.5. The van der Waals surface area contributed by atoms with Gasteiger partial charge in [0.25, 0.3) is 0 Å². The highest BCUT2D eigenvalue weighted by Gasteiger charge is 2.45. The zero-order valence-corrected chi connectivity index (χ0v) is 14.1. The molecular formula is C19H22N2O4. The molecule has 6 heteroatoms. The third-order valence-electron chi connectivity index (χ3n) is 4.91. The predicted octanol–water partition coefficient (Wildman–Crippen LogP) is 2.45. The second-order valence-electron chi connectivity index (χ2n) is 6.80. The zero-order valence-electron chi connectivity index (χ0n) is 14.1. The van der Waals surface area contributed by atoms with Crippen molar-refractivity contribution in [2.75, 3.05) is 19.7 Å². The summed E-state index contributed by atoms with van der Waals surface area (Å²) < 4.78 is 17.4. The van der Waals surface area contributed by atoms with Crippen molar-refractivity contribution in [2.24, 2.45) is 0 Å². The standard InChI is InChI=1S/C19H22N2O4/c22-18(10-15-5-2-9-23-15)21-8-3-6-19(14-21)11-17(13-24-19)25-16-4-1-7-20-12-16/h1-2,4-5,7,9,12,17H,3,6,8,10-11,13-14H2/t17-,19-/m0/s1. The monoisotopic (exact) mass is 342 g/mol. The second kappa shape index (κ2) is 6.88. The molecule has 0 aromatic carbocycles. The van der Waals surface area contributed by atoms with E-state index in [1.165, 1.54) is 0 Å². The first kappa shape index (κ1) is 16.1. The summed E-state index contributed by atoms with van der Waals surface area (Å²) in [6.07, 6.45) is 8.05. The maximum Gasteiger partial charge on any atom is 0.230 e. The van der Waals surface area contributed by atoms with Crippen LogP contribution < -0.4 is 4.74 Å². The molecular weight excluding hydrogens is 320 g/mol. The fraction of sp³-hybridized carbons (Fsp3) is 0.474. The van der Waals surface area contributed by atoms with Crippen LogP contribution in [0.4, 0.5) is 0 Å². The average Bonchev–Trinajstić information content (AvgIpc) is 3.26. The molecule has 2 atom stereocenters. The molecule has 2 saturated heterocycles. The smallest absolute Gasteiger partial charge is 0.230 e. The van der Waals surface area contributed by atoms with Crippen LogP contribution in [-0.4, -0.2) is 47.2 Å². The minimum Gasteiger partial charge on any atom is -0.486 e. The van der Waals surface area contributed by atoms with Crippen molar-refractivity contribution in [3.63, 3.8) is 0 Å². The van der Waals surface area contributed by atoms with Gasteiger partial charge in [-0.2, -0.15) is 0 Å². The first-order valence-corrected chi connectivity index (χ1v) is 8.73. The lowest BCUT2D eigenvalue weighted by molar-refractivity contribution is -0.138. The van der Waals surface area contributed by atoms with Crippen LogP contribution in [0.15, 0.2) is 47.3 Å². The fourth-order valence-corrected chi connectivity index (χ4v) is 3.76. The SMILES string of the molecule is O=C(Cc1ccco1)N1CCC[C@]2(C[C@H](Oc3cccnc3)CO2)C1. The van der Waals surface area contributed by atoms with Gasteiger partial charge in [-0.05, 0) is 37.1 Å². The molecule has 132 valence electrons. The third-order valence-corrected chi connectivity index (χ3v) is 4.91. The predicted molar refractivity (Wildman–Crippen MR) is 90.2 cm³/mol. The quantitative estimate of drug-likeness (QED) is 0.854. The molecule has 0 radical (unpaired) electrons. The molecule has 1 amide bonds. The molecule has 0 unspecified atom stereocenters. The summed E-state index contributed by atoms with van der Waals surface area (Å²) in [7, 11) is 0. The molecule has 6 nitrogen and oxygen atoms in total. The summed E-state index contributed by atoms with van der Waals surface area (Å²) in [6, 6.07) is 7.40. The van der Waals surface area contributed by atoms with Gasteiger partial charge >= 0.3 is 0 Å². The number of carbonyl (C=O) groups excluding carboxylic acids is 1. The summed E-state index contributed by atoms with van der Waals surface area (Å²) >= 11 is 0. The summed E-state index contributed by atoms with van der Waals surface area (Å²) in [5.74, 6) is 1.55. The number of hydrogen-bond donors (Lipinski definition) is 0. The van der Waals surface area contributed by atoms with Gasteiger partial charge in [0, 0.05) is 25.7 Å². The van der Waals surface area contributed by atoms with E-state index in [9.17, 15) is 4.79 Å². The van der Waals surface area contributed by atoms with E-state index in [1.54, 1.807) is 24.7 Å². The summed E-state index contributed by atoms with van der Waals surface area (Å²) in [6.45, 7) is 1.95. The van der Waals surface area contributed by atoms with E-state index in [1.807, 2.05) is 23.1 Å². The Labute approximate surface area is 146 Å². The van der Waals surface area contributed by atoms with Crippen LogP contribution in [0, 0.1) is 0 Å². The van der Waals surface area contributed by atoms with Crippen LogP contribution in [0.3, 0.4) is 0 Å². The highest BCUT2D eigenvalue weighted by atomic mass is 16.6. The molecule has 4 heterocycles. The van der Waals surface area contributed by atoms with Crippen molar-refractivity contribution in [1.82, 2.24) is 9.88 Å². The number of hydrogen-bond acceptors (Lipinski definition) is 5. The second-order valence-corrected chi connectivity index (χ2v) is 6.80. The summed E-state index contributed by atoms with van der Waals surface area (Å²) in [5.41, 5.74) is -0.288. The Morgan fingerprint density at radius 2 is 2.36 bits per heavy atom. The van der Waals surface area contributed by atoms with Crippen LogP contribution in [0.1, 0.15) is 25.0 Å². The van der Waals surface area contributed by atoms with Gasteiger partial charge in [-0.1, -0.05) is 0 Å². The van der Waals surface area contributed by atoms with E-state index in [4.69, 9.17) is 13.9 Å². The van der Waals surface area contributed by atoms with Gasteiger partial charge in [-0.15, -0.1) is 0 Å². The van der Waals surface area contributed by atoms with Gasteiger partial charge in [0.1, 0.15) is 17.6 Å². The minimum absolute atomic E-state index is 0.00401. The molecule has 2 fully saturated rings. The number of ether oxygens (including phenoxy) is 2. The molecule has 0 saturated carbocycles.